The second-order valence-corrected chi connectivity index (χ2v) is 4.12. The molecule has 1 atom stereocenters. The van der Waals surface area contributed by atoms with Gasteiger partial charge in [-0.25, -0.2) is 9.82 Å². The number of carbonyl (C=O) groups is 2. The Morgan fingerprint density at radius 2 is 2.11 bits per heavy atom. The summed E-state index contributed by atoms with van der Waals surface area (Å²) in [4.78, 5) is 22.5. The van der Waals surface area contributed by atoms with Crippen molar-refractivity contribution >= 4 is 11.8 Å². The molecule has 0 spiro atoms. The molecule has 2 rings (SSSR count). The molecule has 1 saturated heterocycles. The van der Waals surface area contributed by atoms with Crippen LogP contribution in [0.4, 0.5) is 4.39 Å². The summed E-state index contributed by atoms with van der Waals surface area (Å²) in [5.74, 6) is -0.674. The fourth-order valence-corrected chi connectivity index (χ4v) is 1.72. The van der Waals surface area contributed by atoms with E-state index in [9.17, 15) is 14.0 Å². The highest BCUT2D eigenvalue weighted by molar-refractivity contribution is 5.90. The lowest BCUT2D eigenvalue weighted by atomic mass is 10.1. The van der Waals surface area contributed by atoms with E-state index in [1.165, 1.54) is 12.1 Å². The van der Waals surface area contributed by atoms with Gasteiger partial charge in [-0.3, -0.25) is 15.0 Å². The summed E-state index contributed by atoms with van der Waals surface area (Å²) in [7, 11) is 0. The van der Waals surface area contributed by atoms with Gasteiger partial charge in [0.1, 0.15) is 11.9 Å². The molecule has 0 saturated carbocycles. The predicted octanol–water partition coefficient (Wildman–Crippen LogP) is -0.123. The minimum absolute atomic E-state index is 0.155. The number of halogens is 1. The highest BCUT2D eigenvalue weighted by atomic mass is 19.1. The van der Waals surface area contributed by atoms with Crippen molar-refractivity contribution in [2.45, 2.75) is 18.9 Å². The van der Waals surface area contributed by atoms with Crippen LogP contribution in [-0.4, -0.2) is 24.4 Å². The van der Waals surface area contributed by atoms with Gasteiger partial charge in [0.15, 0.2) is 0 Å². The number of benzene rings is 1. The number of hydrogen-bond acceptors (Lipinski definition) is 3. The molecule has 0 radical (unpaired) electrons. The minimum atomic E-state index is -0.509. The quantitative estimate of drug-likeness (QED) is 0.698. The monoisotopic (exact) mass is 251 g/mol. The first-order valence-electron chi connectivity index (χ1n) is 5.71. The smallest absolute Gasteiger partial charge is 0.239 e. The minimum Gasteiger partial charge on any atom is -0.354 e. The molecule has 0 bridgehead atoms. The Labute approximate surface area is 104 Å². The zero-order valence-electron chi connectivity index (χ0n) is 9.70. The summed E-state index contributed by atoms with van der Waals surface area (Å²) in [5.41, 5.74) is 5.92. The Hall–Kier alpha value is -1.95. The van der Waals surface area contributed by atoms with Gasteiger partial charge in [0.05, 0.1) is 6.42 Å². The number of amides is 2. The highest BCUT2D eigenvalue weighted by Crippen LogP contribution is 2.03. The summed E-state index contributed by atoms with van der Waals surface area (Å²) in [5, 5.41) is 2.72. The van der Waals surface area contributed by atoms with Crippen molar-refractivity contribution in [1.29, 1.82) is 0 Å². The number of nitrogens with one attached hydrogen (secondary N) is 3. The standard InChI is InChI=1S/C12H14FN3O2/c13-9-3-1-8(2-4-9)5-6-14-12(18)10-7-11(17)16-15-10/h1-4,10,15H,5-7H2,(H,14,18)(H,16,17). The molecule has 6 heteroatoms. The number of hydrogen-bond donors (Lipinski definition) is 3. The molecule has 1 unspecified atom stereocenters. The largest absolute Gasteiger partial charge is 0.354 e. The molecular weight excluding hydrogens is 237 g/mol. The van der Waals surface area contributed by atoms with Crippen molar-refractivity contribution < 1.29 is 14.0 Å². The lowest BCUT2D eigenvalue weighted by molar-refractivity contribution is -0.124. The van der Waals surface area contributed by atoms with Crippen LogP contribution < -0.4 is 16.2 Å². The molecule has 18 heavy (non-hydrogen) atoms. The molecule has 1 fully saturated rings. The number of hydrazine groups is 1. The van der Waals surface area contributed by atoms with Gasteiger partial charge in [0.2, 0.25) is 11.8 Å². The number of rotatable bonds is 4. The van der Waals surface area contributed by atoms with Crippen molar-refractivity contribution in [1.82, 2.24) is 16.2 Å². The third-order valence-corrected chi connectivity index (χ3v) is 2.72. The maximum atomic E-state index is 12.7. The second kappa shape index (κ2) is 5.59. The van der Waals surface area contributed by atoms with Crippen molar-refractivity contribution in [2.24, 2.45) is 0 Å². The maximum Gasteiger partial charge on any atom is 0.239 e. The molecule has 1 aromatic rings. The molecule has 3 N–H and O–H groups in total. The van der Waals surface area contributed by atoms with Crippen molar-refractivity contribution in [2.75, 3.05) is 6.54 Å². The van der Waals surface area contributed by atoms with Crippen LogP contribution in [0.15, 0.2) is 24.3 Å². The van der Waals surface area contributed by atoms with Gasteiger partial charge in [0, 0.05) is 6.54 Å². The zero-order chi connectivity index (χ0) is 13.0. The van der Waals surface area contributed by atoms with Crippen LogP contribution in [0.25, 0.3) is 0 Å². The Bertz CT molecular complexity index is 447. The van der Waals surface area contributed by atoms with E-state index in [0.717, 1.165) is 5.56 Å². The molecule has 96 valence electrons. The maximum absolute atomic E-state index is 12.7. The predicted molar refractivity (Wildman–Crippen MR) is 62.8 cm³/mol. The van der Waals surface area contributed by atoms with Crippen LogP contribution in [0.5, 0.6) is 0 Å². The van der Waals surface area contributed by atoms with Gasteiger partial charge in [-0.1, -0.05) is 12.1 Å². The summed E-state index contributed by atoms with van der Waals surface area (Å²) in [6.45, 7) is 0.455. The Morgan fingerprint density at radius 1 is 1.39 bits per heavy atom. The molecular formula is C12H14FN3O2. The first-order chi connectivity index (χ1) is 8.65. The van der Waals surface area contributed by atoms with Crippen molar-refractivity contribution in [3.8, 4) is 0 Å². The molecule has 0 aromatic heterocycles. The second-order valence-electron chi connectivity index (χ2n) is 4.12. The summed E-state index contributed by atoms with van der Waals surface area (Å²) in [6, 6.07) is 5.63. The van der Waals surface area contributed by atoms with E-state index in [0.29, 0.717) is 13.0 Å². The third kappa shape index (κ3) is 3.27. The average molecular weight is 251 g/mol. The van der Waals surface area contributed by atoms with Crippen LogP contribution in [0, 0.1) is 5.82 Å². The van der Waals surface area contributed by atoms with Gasteiger partial charge < -0.3 is 5.32 Å². The molecule has 1 aliphatic rings. The Kier molecular flexibility index (Phi) is 3.88. The molecule has 1 heterocycles. The molecule has 2 amide bonds. The summed E-state index contributed by atoms with van der Waals surface area (Å²) < 4.78 is 12.7. The van der Waals surface area contributed by atoms with E-state index in [1.807, 2.05) is 0 Å². The Balaban J connectivity index is 1.73. The molecule has 5 nitrogen and oxygen atoms in total. The van der Waals surface area contributed by atoms with Gasteiger partial charge >= 0.3 is 0 Å². The molecule has 1 aliphatic heterocycles. The van der Waals surface area contributed by atoms with Crippen LogP contribution >= 0.6 is 0 Å². The van der Waals surface area contributed by atoms with Crippen LogP contribution in [0.3, 0.4) is 0 Å². The van der Waals surface area contributed by atoms with Crippen molar-refractivity contribution in [3.05, 3.63) is 35.6 Å². The molecule has 1 aromatic carbocycles. The first-order valence-corrected chi connectivity index (χ1v) is 5.71. The van der Waals surface area contributed by atoms with E-state index in [4.69, 9.17) is 0 Å². The lowest BCUT2D eigenvalue weighted by Crippen LogP contribution is -2.43. The summed E-state index contributed by atoms with van der Waals surface area (Å²) in [6.07, 6.45) is 0.780. The zero-order valence-corrected chi connectivity index (χ0v) is 9.70. The summed E-state index contributed by atoms with van der Waals surface area (Å²) >= 11 is 0. The van der Waals surface area contributed by atoms with E-state index in [2.05, 4.69) is 16.2 Å². The average Bonchev–Trinajstić information content (AvgIpc) is 2.78. The van der Waals surface area contributed by atoms with E-state index in [1.54, 1.807) is 12.1 Å². The van der Waals surface area contributed by atoms with E-state index in [-0.39, 0.29) is 24.1 Å². The lowest BCUT2D eigenvalue weighted by Gasteiger charge is -2.09. The van der Waals surface area contributed by atoms with Gasteiger partial charge in [-0.05, 0) is 24.1 Å². The Morgan fingerprint density at radius 3 is 2.72 bits per heavy atom. The van der Waals surface area contributed by atoms with Crippen LogP contribution in [-0.2, 0) is 16.0 Å². The fraction of sp³-hybridized carbons (Fsp3) is 0.333. The van der Waals surface area contributed by atoms with Crippen molar-refractivity contribution in [3.63, 3.8) is 0 Å². The normalized spacial score (nSPS) is 18.5. The first kappa shape index (κ1) is 12.5. The topological polar surface area (TPSA) is 70.2 Å². The van der Waals surface area contributed by atoms with E-state index >= 15 is 0 Å². The van der Waals surface area contributed by atoms with Crippen LogP contribution in [0.2, 0.25) is 0 Å². The fourth-order valence-electron chi connectivity index (χ4n) is 1.72. The highest BCUT2D eigenvalue weighted by Gasteiger charge is 2.26. The van der Waals surface area contributed by atoms with Gasteiger partial charge in [-0.15, -0.1) is 0 Å². The van der Waals surface area contributed by atoms with Gasteiger partial charge in [0.25, 0.3) is 0 Å². The van der Waals surface area contributed by atoms with E-state index < -0.39 is 6.04 Å². The van der Waals surface area contributed by atoms with Crippen LogP contribution in [0.1, 0.15) is 12.0 Å². The number of carbonyl (C=O) groups excluding carboxylic acids is 2. The van der Waals surface area contributed by atoms with Gasteiger partial charge in [-0.2, -0.15) is 0 Å². The third-order valence-electron chi connectivity index (χ3n) is 2.72. The SMILES string of the molecule is O=C1CC(C(=O)NCCc2ccc(F)cc2)NN1. The molecule has 0 aliphatic carbocycles.